The predicted molar refractivity (Wildman–Crippen MR) is 128 cm³/mol. The normalized spacial score (nSPS) is 14.4. The number of sulfonamides is 1. The Balaban J connectivity index is 1.62. The SMILES string of the molecule is COc1ccc(-c2ccc3c(c2)CCN(S(=O)(=O)c2c(C)cc(I)cc2C)C3)cc1. The molecule has 3 aromatic rings. The molecule has 156 valence electrons. The lowest BCUT2D eigenvalue weighted by Crippen LogP contribution is -2.36. The van der Waals surface area contributed by atoms with Crippen molar-refractivity contribution in [1.82, 2.24) is 4.31 Å². The molecule has 0 saturated carbocycles. The molecule has 0 bridgehead atoms. The van der Waals surface area contributed by atoms with Crippen molar-refractivity contribution in [2.75, 3.05) is 13.7 Å². The van der Waals surface area contributed by atoms with Crippen molar-refractivity contribution in [2.24, 2.45) is 0 Å². The Bertz CT molecular complexity index is 1180. The minimum absolute atomic E-state index is 0.408. The van der Waals surface area contributed by atoms with Gasteiger partial charge in [0.1, 0.15) is 5.75 Å². The van der Waals surface area contributed by atoms with Crippen molar-refractivity contribution in [3.05, 3.63) is 80.4 Å². The number of aryl methyl sites for hydroxylation is 2. The highest BCUT2D eigenvalue weighted by Gasteiger charge is 2.31. The van der Waals surface area contributed by atoms with E-state index in [9.17, 15) is 8.42 Å². The highest BCUT2D eigenvalue weighted by atomic mass is 127. The predicted octanol–water partition coefficient (Wildman–Crippen LogP) is 5.33. The fraction of sp³-hybridized carbons (Fsp3) is 0.250. The summed E-state index contributed by atoms with van der Waals surface area (Å²) in [5, 5.41) is 0. The summed E-state index contributed by atoms with van der Waals surface area (Å²) in [6.07, 6.45) is 0.709. The molecule has 1 aliphatic heterocycles. The largest absolute Gasteiger partial charge is 0.497 e. The number of benzene rings is 3. The maximum Gasteiger partial charge on any atom is 0.243 e. The van der Waals surface area contributed by atoms with E-state index in [-0.39, 0.29) is 0 Å². The molecule has 4 nitrogen and oxygen atoms in total. The molecule has 0 amide bonds. The minimum Gasteiger partial charge on any atom is -0.497 e. The molecular formula is C24H24INO3S. The van der Waals surface area contributed by atoms with Crippen LogP contribution in [0.25, 0.3) is 11.1 Å². The zero-order valence-electron chi connectivity index (χ0n) is 17.3. The summed E-state index contributed by atoms with van der Waals surface area (Å²) in [5.41, 5.74) is 6.16. The van der Waals surface area contributed by atoms with Gasteiger partial charge < -0.3 is 4.74 Å². The summed E-state index contributed by atoms with van der Waals surface area (Å²) < 4.78 is 34.7. The number of fused-ring (bicyclic) bond motifs is 1. The number of halogens is 1. The second-order valence-electron chi connectivity index (χ2n) is 7.67. The van der Waals surface area contributed by atoms with Crippen LogP contribution in [0.5, 0.6) is 5.75 Å². The number of hydrogen-bond donors (Lipinski definition) is 0. The van der Waals surface area contributed by atoms with Gasteiger partial charge in [0.2, 0.25) is 10.0 Å². The van der Waals surface area contributed by atoms with Crippen molar-refractivity contribution >= 4 is 32.6 Å². The Kier molecular flexibility index (Phi) is 5.92. The van der Waals surface area contributed by atoms with Crippen LogP contribution in [0.15, 0.2) is 59.5 Å². The molecule has 0 N–H and O–H groups in total. The Labute approximate surface area is 192 Å². The van der Waals surface area contributed by atoms with Crippen molar-refractivity contribution in [3.8, 4) is 16.9 Å². The number of nitrogens with zero attached hydrogens (tertiary/aromatic N) is 1. The van der Waals surface area contributed by atoms with Gasteiger partial charge in [-0.25, -0.2) is 8.42 Å². The van der Waals surface area contributed by atoms with Crippen molar-refractivity contribution in [2.45, 2.75) is 31.7 Å². The van der Waals surface area contributed by atoms with Gasteiger partial charge in [0.25, 0.3) is 0 Å². The standard InChI is InChI=1S/C24H24INO3S/c1-16-12-22(25)13-17(2)24(16)30(27,28)26-11-10-20-14-19(4-5-21(20)15-26)18-6-8-23(29-3)9-7-18/h4-9,12-14H,10-11,15H2,1-3H3. The Morgan fingerprint density at radius 1 is 0.900 bits per heavy atom. The van der Waals surface area contributed by atoms with E-state index in [4.69, 9.17) is 4.74 Å². The minimum atomic E-state index is -3.54. The lowest BCUT2D eigenvalue weighted by Gasteiger charge is -2.29. The van der Waals surface area contributed by atoms with E-state index in [0.29, 0.717) is 24.4 Å². The molecule has 0 aromatic heterocycles. The molecule has 30 heavy (non-hydrogen) atoms. The van der Waals surface area contributed by atoms with Crippen LogP contribution in [0.1, 0.15) is 22.3 Å². The second-order valence-corrected chi connectivity index (χ2v) is 10.8. The van der Waals surface area contributed by atoms with Gasteiger partial charge in [-0.15, -0.1) is 0 Å². The quantitative estimate of drug-likeness (QED) is 0.426. The highest BCUT2D eigenvalue weighted by Crippen LogP contribution is 2.32. The Hall–Kier alpha value is -1.90. The van der Waals surface area contributed by atoms with Gasteiger partial charge in [-0.05, 0) is 101 Å². The van der Waals surface area contributed by atoms with Crippen LogP contribution >= 0.6 is 22.6 Å². The number of methoxy groups -OCH3 is 1. The van der Waals surface area contributed by atoms with Crippen LogP contribution in [-0.4, -0.2) is 26.4 Å². The van der Waals surface area contributed by atoms with Gasteiger partial charge >= 0.3 is 0 Å². The third-order valence-corrected chi connectivity index (χ3v) is 8.40. The second kappa shape index (κ2) is 8.32. The summed E-state index contributed by atoms with van der Waals surface area (Å²) in [7, 11) is -1.88. The molecule has 0 spiro atoms. The Morgan fingerprint density at radius 2 is 1.53 bits per heavy atom. The van der Waals surface area contributed by atoms with Crippen molar-refractivity contribution in [3.63, 3.8) is 0 Å². The van der Waals surface area contributed by atoms with Gasteiger partial charge in [0.05, 0.1) is 12.0 Å². The maximum atomic E-state index is 13.4. The topological polar surface area (TPSA) is 46.6 Å². The van der Waals surface area contributed by atoms with Crippen LogP contribution < -0.4 is 4.74 Å². The van der Waals surface area contributed by atoms with Crippen LogP contribution in [0, 0.1) is 17.4 Å². The zero-order chi connectivity index (χ0) is 21.5. The first-order valence-electron chi connectivity index (χ1n) is 9.83. The Morgan fingerprint density at radius 3 is 2.17 bits per heavy atom. The number of ether oxygens (including phenoxy) is 1. The molecule has 6 heteroatoms. The molecule has 0 atom stereocenters. The summed E-state index contributed by atoms with van der Waals surface area (Å²) in [4.78, 5) is 0.446. The molecule has 0 fully saturated rings. The van der Waals surface area contributed by atoms with E-state index in [1.165, 1.54) is 5.56 Å². The fourth-order valence-electron chi connectivity index (χ4n) is 4.13. The van der Waals surface area contributed by atoms with Crippen LogP contribution in [0.3, 0.4) is 0 Å². The third kappa shape index (κ3) is 4.00. The first kappa shape index (κ1) is 21.3. The first-order valence-corrected chi connectivity index (χ1v) is 12.3. The van der Waals surface area contributed by atoms with Crippen molar-refractivity contribution < 1.29 is 13.2 Å². The van der Waals surface area contributed by atoms with E-state index >= 15 is 0 Å². The van der Waals surface area contributed by atoms with Crippen molar-refractivity contribution in [1.29, 1.82) is 0 Å². The smallest absolute Gasteiger partial charge is 0.243 e. The first-order chi connectivity index (χ1) is 14.3. The highest BCUT2D eigenvalue weighted by molar-refractivity contribution is 14.1. The van der Waals surface area contributed by atoms with Crippen LogP contribution in [0.2, 0.25) is 0 Å². The van der Waals surface area contributed by atoms with E-state index < -0.39 is 10.0 Å². The van der Waals surface area contributed by atoms with E-state index in [2.05, 4.69) is 40.8 Å². The zero-order valence-corrected chi connectivity index (χ0v) is 20.2. The molecule has 0 aliphatic carbocycles. The number of rotatable bonds is 4. The lowest BCUT2D eigenvalue weighted by atomic mass is 9.95. The molecule has 1 heterocycles. The van der Waals surface area contributed by atoms with E-state index in [1.54, 1.807) is 11.4 Å². The molecule has 0 saturated heterocycles. The summed E-state index contributed by atoms with van der Waals surface area (Å²) in [6, 6.07) is 18.2. The van der Waals surface area contributed by atoms with Gasteiger partial charge in [-0.3, -0.25) is 0 Å². The van der Waals surface area contributed by atoms with Gasteiger partial charge in [-0.2, -0.15) is 4.31 Å². The summed E-state index contributed by atoms with van der Waals surface area (Å²) in [6.45, 7) is 4.65. The molecule has 0 radical (unpaired) electrons. The summed E-state index contributed by atoms with van der Waals surface area (Å²) in [5.74, 6) is 0.832. The molecule has 4 rings (SSSR count). The molecule has 1 aliphatic rings. The van der Waals surface area contributed by atoms with Gasteiger partial charge in [0.15, 0.2) is 0 Å². The van der Waals surface area contributed by atoms with Gasteiger partial charge in [-0.1, -0.05) is 30.3 Å². The average Bonchev–Trinajstić information content (AvgIpc) is 2.72. The van der Waals surface area contributed by atoms with E-state index in [0.717, 1.165) is 37.1 Å². The van der Waals surface area contributed by atoms with E-state index in [1.807, 2.05) is 50.2 Å². The molecule has 0 unspecified atom stereocenters. The lowest BCUT2D eigenvalue weighted by molar-refractivity contribution is 0.391. The molecule has 3 aromatic carbocycles. The monoisotopic (exact) mass is 533 g/mol. The average molecular weight is 533 g/mol. The third-order valence-electron chi connectivity index (χ3n) is 5.63. The molecular weight excluding hydrogens is 509 g/mol. The maximum absolute atomic E-state index is 13.4. The van der Waals surface area contributed by atoms with Crippen LogP contribution in [0.4, 0.5) is 0 Å². The summed E-state index contributed by atoms with van der Waals surface area (Å²) >= 11 is 2.23. The van der Waals surface area contributed by atoms with Crippen LogP contribution in [-0.2, 0) is 23.0 Å². The van der Waals surface area contributed by atoms with Gasteiger partial charge in [0, 0.05) is 16.7 Å². The fourth-order valence-corrected chi connectivity index (χ4v) is 6.89. The number of hydrogen-bond acceptors (Lipinski definition) is 3.